The molecule has 1 atom stereocenters. The first kappa shape index (κ1) is 9.07. The van der Waals surface area contributed by atoms with Gasteiger partial charge in [0.2, 0.25) is 0 Å². The van der Waals surface area contributed by atoms with Gasteiger partial charge in [0.1, 0.15) is 5.76 Å². The minimum Gasteiger partial charge on any atom is -0.496 e. The van der Waals surface area contributed by atoms with Gasteiger partial charge >= 0.3 is 0 Å². The van der Waals surface area contributed by atoms with Crippen LogP contribution in [0.5, 0.6) is 0 Å². The van der Waals surface area contributed by atoms with Gasteiger partial charge in [-0.2, -0.15) is 0 Å². The van der Waals surface area contributed by atoms with Gasteiger partial charge in [0, 0.05) is 6.42 Å². The molecule has 0 amide bonds. The molecule has 2 heterocycles. The van der Waals surface area contributed by atoms with Gasteiger partial charge in [-0.1, -0.05) is 13.3 Å². The Balaban J connectivity index is 2.11. The quantitative estimate of drug-likeness (QED) is 0.720. The molecule has 1 saturated heterocycles. The summed E-state index contributed by atoms with van der Waals surface area (Å²) in [6.07, 6.45) is 8.37. The molecule has 0 spiro atoms. The summed E-state index contributed by atoms with van der Waals surface area (Å²) in [5, 5.41) is 3.62. The molecule has 2 aliphatic rings. The Labute approximate surface area is 80.4 Å². The molecule has 1 N–H and O–H groups in total. The molecule has 13 heavy (non-hydrogen) atoms. The molecule has 74 valence electrons. The molecule has 2 rings (SSSR count). The van der Waals surface area contributed by atoms with Crippen molar-refractivity contribution in [2.75, 3.05) is 13.2 Å². The van der Waals surface area contributed by atoms with Gasteiger partial charge in [-0.25, -0.2) is 0 Å². The molecule has 2 aliphatic heterocycles. The summed E-state index contributed by atoms with van der Waals surface area (Å²) in [6, 6.07) is 0. The fourth-order valence-corrected chi connectivity index (χ4v) is 2.53. The second kappa shape index (κ2) is 3.70. The van der Waals surface area contributed by atoms with Crippen molar-refractivity contribution in [3.05, 3.63) is 11.8 Å². The Morgan fingerprint density at radius 3 is 3.08 bits per heavy atom. The SMILES string of the molecule is CCCC1(C2=CCCO2)CCCN1. The maximum Gasteiger partial charge on any atom is 0.112 e. The van der Waals surface area contributed by atoms with Crippen molar-refractivity contribution in [1.82, 2.24) is 5.32 Å². The van der Waals surface area contributed by atoms with Crippen molar-refractivity contribution in [3.8, 4) is 0 Å². The minimum atomic E-state index is 0.214. The van der Waals surface area contributed by atoms with Gasteiger partial charge in [-0.15, -0.1) is 0 Å². The van der Waals surface area contributed by atoms with Gasteiger partial charge in [-0.3, -0.25) is 0 Å². The number of rotatable bonds is 3. The van der Waals surface area contributed by atoms with Gasteiger partial charge in [-0.05, 0) is 31.9 Å². The summed E-state index contributed by atoms with van der Waals surface area (Å²) in [4.78, 5) is 0. The fraction of sp³-hybridized carbons (Fsp3) is 0.818. The van der Waals surface area contributed by atoms with Gasteiger partial charge < -0.3 is 10.1 Å². The van der Waals surface area contributed by atoms with E-state index in [2.05, 4.69) is 18.3 Å². The molecule has 0 aliphatic carbocycles. The lowest BCUT2D eigenvalue weighted by Gasteiger charge is -2.29. The topological polar surface area (TPSA) is 21.3 Å². The van der Waals surface area contributed by atoms with Gasteiger partial charge in [0.05, 0.1) is 12.1 Å². The predicted molar refractivity (Wildman–Crippen MR) is 53.5 cm³/mol. The second-order valence-corrected chi connectivity index (χ2v) is 4.07. The van der Waals surface area contributed by atoms with Crippen LogP contribution in [0, 0.1) is 0 Å². The van der Waals surface area contributed by atoms with E-state index >= 15 is 0 Å². The summed E-state index contributed by atoms with van der Waals surface area (Å²) >= 11 is 0. The van der Waals surface area contributed by atoms with Crippen molar-refractivity contribution in [3.63, 3.8) is 0 Å². The minimum absolute atomic E-state index is 0.214. The van der Waals surface area contributed by atoms with Gasteiger partial charge in [0.25, 0.3) is 0 Å². The van der Waals surface area contributed by atoms with Crippen LogP contribution in [-0.2, 0) is 4.74 Å². The zero-order valence-electron chi connectivity index (χ0n) is 8.44. The molecule has 2 nitrogen and oxygen atoms in total. The van der Waals surface area contributed by atoms with Crippen LogP contribution in [0.25, 0.3) is 0 Å². The third-order valence-electron chi connectivity index (χ3n) is 3.10. The molecule has 0 bridgehead atoms. The standard InChI is InChI=1S/C11H19NO/c1-2-6-11(7-4-8-12-11)10-5-3-9-13-10/h5,12H,2-4,6-9H2,1H3. The lowest BCUT2D eigenvalue weighted by Crippen LogP contribution is -2.41. The van der Waals surface area contributed by atoms with Crippen molar-refractivity contribution >= 4 is 0 Å². The maximum absolute atomic E-state index is 5.69. The largest absolute Gasteiger partial charge is 0.496 e. The fourth-order valence-electron chi connectivity index (χ4n) is 2.53. The van der Waals surface area contributed by atoms with Crippen LogP contribution in [0.3, 0.4) is 0 Å². The number of hydrogen-bond acceptors (Lipinski definition) is 2. The Kier molecular flexibility index (Phi) is 2.58. The van der Waals surface area contributed by atoms with Crippen LogP contribution in [0.2, 0.25) is 0 Å². The lowest BCUT2D eigenvalue weighted by atomic mass is 9.89. The molecular weight excluding hydrogens is 162 g/mol. The highest BCUT2D eigenvalue weighted by Crippen LogP contribution is 2.34. The summed E-state index contributed by atoms with van der Waals surface area (Å²) < 4.78 is 5.69. The van der Waals surface area contributed by atoms with E-state index in [1.54, 1.807) is 0 Å². The predicted octanol–water partition coefficient (Wildman–Crippen LogP) is 2.21. The van der Waals surface area contributed by atoms with E-state index in [1.807, 2.05) is 0 Å². The maximum atomic E-state index is 5.69. The molecule has 0 aromatic carbocycles. The first-order valence-corrected chi connectivity index (χ1v) is 5.46. The normalized spacial score (nSPS) is 33.2. The van der Waals surface area contributed by atoms with Crippen LogP contribution >= 0.6 is 0 Å². The number of nitrogens with one attached hydrogen (secondary N) is 1. The third-order valence-corrected chi connectivity index (χ3v) is 3.10. The summed E-state index contributed by atoms with van der Waals surface area (Å²) in [5.74, 6) is 1.23. The molecule has 0 aromatic rings. The van der Waals surface area contributed by atoms with E-state index in [4.69, 9.17) is 4.74 Å². The molecule has 1 fully saturated rings. The Morgan fingerprint density at radius 2 is 2.54 bits per heavy atom. The number of hydrogen-bond donors (Lipinski definition) is 1. The molecule has 0 aromatic heterocycles. The van der Waals surface area contributed by atoms with Crippen molar-refractivity contribution < 1.29 is 4.74 Å². The van der Waals surface area contributed by atoms with Crippen LogP contribution in [0.15, 0.2) is 11.8 Å². The highest BCUT2D eigenvalue weighted by atomic mass is 16.5. The molecule has 2 heteroatoms. The average molecular weight is 181 g/mol. The lowest BCUT2D eigenvalue weighted by molar-refractivity contribution is 0.174. The van der Waals surface area contributed by atoms with Crippen molar-refractivity contribution in [2.45, 2.75) is 44.6 Å². The van der Waals surface area contributed by atoms with E-state index in [0.29, 0.717) is 0 Å². The van der Waals surface area contributed by atoms with E-state index < -0.39 is 0 Å². The molecule has 0 radical (unpaired) electrons. The Hall–Kier alpha value is -0.500. The highest BCUT2D eigenvalue weighted by molar-refractivity contribution is 5.19. The van der Waals surface area contributed by atoms with Gasteiger partial charge in [0.15, 0.2) is 0 Å². The van der Waals surface area contributed by atoms with Crippen LogP contribution < -0.4 is 5.32 Å². The Morgan fingerprint density at radius 1 is 1.62 bits per heavy atom. The summed E-state index contributed by atoms with van der Waals surface area (Å²) in [5.41, 5.74) is 0.214. The monoisotopic (exact) mass is 181 g/mol. The average Bonchev–Trinajstić information content (AvgIpc) is 2.73. The Bertz CT molecular complexity index is 204. The zero-order chi connectivity index (χ0) is 9.15. The first-order chi connectivity index (χ1) is 6.37. The number of ether oxygens (including phenoxy) is 1. The van der Waals surface area contributed by atoms with Crippen molar-refractivity contribution in [1.29, 1.82) is 0 Å². The van der Waals surface area contributed by atoms with Crippen LogP contribution in [-0.4, -0.2) is 18.7 Å². The smallest absolute Gasteiger partial charge is 0.112 e. The first-order valence-electron chi connectivity index (χ1n) is 5.46. The van der Waals surface area contributed by atoms with E-state index in [-0.39, 0.29) is 5.54 Å². The van der Waals surface area contributed by atoms with E-state index in [9.17, 15) is 0 Å². The zero-order valence-corrected chi connectivity index (χ0v) is 8.44. The second-order valence-electron chi connectivity index (χ2n) is 4.07. The molecule has 1 unspecified atom stereocenters. The summed E-state index contributed by atoms with van der Waals surface area (Å²) in [7, 11) is 0. The summed E-state index contributed by atoms with van der Waals surface area (Å²) in [6.45, 7) is 4.29. The van der Waals surface area contributed by atoms with Crippen LogP contribution in [0.1, 0.15) is 39.0 Å². The van der Waals surface area contributed by atoms with Crippen LogP contribution in [0.4, 0.5) is 0 Å². The highest BCUT2D eigenvalue weighted by Gasteiger charge is 2.38. The van der Waals surface area contributed by atoms with E-state index in [1.165, 1.54) is 31.4 Å². The third kappa shape index (κ3) is 1.60. The van der Waals surface area contributed by atoms with E-state index in [0.717, 1.165) is 19.6 Å². The molecule has 0 saturated carbocycles. The molecular formula is C11H19NO. The van der Waals surface area contributed by atoms with Crippen molar-refractivity contribution in [2.24, 2.45) is 0 Å².